The Morgan fingerprint density at radius 3 is 2.60 bits per heavy atom. The van der Waals surface area contributed by atoms with Gasteiger partial charge in [0.05, 0.1) is 12.1 Å². The second-order valence-electron chi connectivity index (χ2n) is 3.32. The molecular weight excluding hydrogens is 200 g/mol. The lowest BCUT2D eigenvalue weighted by Crippen LogP contribution is -2.29. The number of carboxylic acid groups (broad SMARTS) is 1. The molecule has 15 heavy (non-hydrogen) atoms. The van der Waals surface area contributed by atoms with Crippen LogP contribution >= 0.6 is 0 Å². The molecular formula is C9H12N2O4. The van der Waals surface area contributed by atoms with Crippen LogP contribution in [0, 0.1) is 11.8 Å². The Kier molecular flexibility index (Phi) is 3.43. The normalized spacial score (nSPS) is 14.3. The number of rotatable bonds is 4. The van der Waals surface area contributed by atoms with E-state index in [1.54, 1.807) is 6.92 Å². The second kappa shape index (κ2) is 4.59. The zero-order chi connectivity index (χ0) is 11.4. The van der Waals surface area contributed by atoms with Crippen LogP contribution in [-0.4, -0.2) is 22.1 Å². The minimum Gasteiger partial charge on any atom is -0.481 e. The van der Waals surface area contributed by atoms with Crippen molar-refractivity contribution < 1.29 is 19.2 Å². The standard InChI is InChI=1S/C9H12N2O4/c1-5(6(2)9(13)14)8(12)11-7-3-10-15-4-7/h3-6H,1-2H3,(H,11,12)(H,13,14). The highest BCUT2D eigenvalue weighted by molar-refractivity contribution is 5.94. The number of aliphatic carboxylic acids is 1. The smallest absolute Gasteiger partial charge is 0.307 e. The van der Waals surface area contributed by atoms with E-state index in [0.29, 0.717) is 5.69 Å². The Morgan fingerprint density at radius 2 is 2.13 bits per heavy atom. The largest absolute Gasteiger partial charge is 0.481 e. The molecule has 1 aromatic heterocycles. The van der Waals surface area contributed by atoms with Gasteiger partial charge in [0.15, 0.2) is 0 Å². The average molecular weight is 212 g/mol. The molecule has 0 aliphatic rings. The molecule has 0 saturated heterocycles. The fourth-order valence-corrected chi connectivity index (χ4v) is 0.964. The lowest BCUT2D eigenvalue weighted by Gasteiger charge is -2.14. The first kappa shape index (κ1) is 11.2. The fraction of sp³-hybridized carbons (Fsp3) is 0.444. The third-order valence-corrected chi connectivity index (χ3v) is 2.25. The average Bonchev–Trinajstić information content (AvgIpc) is 2.67. The van der Waals surface area contributed by atoms with E-state index in [1.165, 1.54) is 19.4 Å². The zero-order valence-corrected chi connectivity index (χ0v) is 8.43. The van der Waals surface area contributed by atoms with Gasteiger partial charge in [-0.15, -0.1) is 0 Å². The van der Waals surface area contributed by atoms with Crippen LogP contribution in [-0.2, 0) is 9.59 Å². The number of carbonyl (C=O) groups excluding carboxylic acids is 1. The molecule has 1 aromatic rings. The van der Waals surface area contributed by atoms with E-state index in [-0.39, 0.29) is 5.91 Å². The van der Waals surface area contributed by atoms with Crippen LogP contribution in [0.1, 0.15) is 13.8 Å². The molecule has 0 radical (unpaired) electrons. The molecule has 0 aliphatic heterocycles. The predicted octanol–water partition coefficient (Wildman–Crippen LogP) is 0.970. The summed E-state index contributed by atoms with van der Waals surface area (Å²) < 4.78 is 4.52. The Labute approximate surface area is 86.3 Å². The molecule has 0 saturated carbocycles. The van der Waals surface area contributed by atoms with Gasteiger partial charge in [0.1, 0.15) is 12.0 Å². The Bertz CT molecular complexity index is 347. The van der Waals surface area contributed by atoms with Crippen LogP contribution in [0.5, 0.6) is 0 Å². The van der Waals surface area contributed by atoms with Crippen molar-refractivity contribution in [3.8, 4) is 0 Å². The maximum Gasteiger partial charge on any atom is 0.307 e. The maximum atomic E-state index is 11.5. The Morgan fingerprint density at radius 1 is 1.47 bits per heavy atom. The summed E-state index contributed by atoms with van der Waals surface area (Å²) in [5, 5.41) is 14.6. The Balaban J connectivity index is 2.57. The van der Waals surface area contributed by atoms with E-state index in [4.69, 9.17) is 5.11 Å². The molecule has 1 rings (SSSR count). The minimum absolute atomic E-state index is 0.367. The van der Waals surface area contributed by atoms with Gasteiger partial charge in [0.25, 0.3) is 0 Å². The van der Waals surface area contributed by atoms with Gasteiger partial charge in [0, 0.05) is 5.92 Å². The summed E-state index contributed by atoms with van der Waals surface area (Å²) in [6, 6.07) is 0. The van der Waals surface area contributed by atoms with Gasteiger partial charge < -0.3 is 14.9 Å². The summed E-state index contributed by atoms with van der Waals surface area (Å²) in [7, 11) is 0. The van der Waals surface area contributed by atoms with E-state index in [0.717, 1.165) is 0 Å². The molecule has 0 aliphatic carbocycles. The van der Waals surface area contributed by atoms with Gasteiger partial charge in [-0.1, -0.05) is 19.0 Å². The van der Waals surface area contributed by atoms with Crippen LogP contribution in [0.3, 0.4) is 0 Å². The molecule has 0 fully saturated rings. The van der Waals surface area contributed by atoms with Crippen molar-refractivity contribution in [2.24, 2.45) is 11.8 Å². The van der Waals surface area contributed by atoms with Crippen molar-refractivity contribution in [3.63, 3.8) is 0 Å². The highest BCUT2D eigenvalue weighted by atomic mass is 16.5. The lowest BCUT2D eigenvalue weighted by molar-refractivity contribution is -0.145. The number of aromatic nitrogens is 1. The van der Waals surface area contributed by atoms with Crippen molar-refractivity contribution in [2.75, 3.05) is 5.32 Å². The first-order valence-corrected chi connectivity index (χ1v) is 4.45. The van der Waals surface area contributed by atoms with Crippen LogP contribution < -0.4 is 5.32 Å². The monoisotopic (exact) mass is 212 g/mol. The van der Waals surface area contributed by atoms with E-state index < -0.39 is 17.8 Å². The first-order chi connectivity index (χ1) is 7.02. The number of nitrogens with one attached hydrogen (secondary N) is 1. The third-order valence-electron chi connectivity index (χ3n) is 2.25. The summed E-state index contributed by atoms with van der Waals surface area (Å²) in [6.45, 7) is 3.04. The zero-order valence-electron chi connectivity index (χ0n) is 8.43. The number of nitrogens with zero attached hydrogens (tertiary/aromatic N) is 1. The van der Waals surface area contributed by atoms with Crippen molar-refractivity contribution in [1.82, 2.24) is 5.16 Å². The van der Waals surface area contributed by atoms with E-state index in [1.807, 2.05) is 0 Å². The van der Waals surface area contributed by atoms with Crippen molar-refractivity contribution in [2.45, 2.75) is 13.8 Å². The molecule has 6 nitrogen and oxygen atoms in total. The van der Waals surface area contributed by atoms with Gasteiger partial charge in [-0.3, -0.25) is 9.59 Å². The molecule has 0 bridgehead atoms. The quantitative estimate of drug-likeness (QED) is 0.775. The third kappa shape index (κ3) is 2.80. The number of carboxylic acids is 1. The molecule has 82 valence electrons. The lowest BCUT2D eigenvalue weighted by atomic mass is 9.95. The molecule has 6 heteroatoms. The summed E-state index contributed by atoms with van der Waals surface area (Å²) in [5.74, 6) is -2.71. The first-order valence-electron chi connectivity index (χ1n) is 4.45. The molecule has 2 N–H and O–H groups in total. The molecule has 1 heterocycles. The van der Waals surface area contributed by atoms with Crippen molar-refractivity contribution >= 4 is 17.6 Å². The van der Waals surface area contributed by atoms with Crippen LogP contribution in [0.25, 0.3) is 0 Å². The SMILES string of the molecule is CC(C(=O)O)C(C)C(=O)Nc1cnoc1. The van der Waals surface area contributed by atoms with E-state index >= 15 is 0 Å². The van der Waals surface area contributed by atoms with Gasteiger partial charge in [0.2, 0.25) is 5.91 Å². The Hall–Kier alpha value is -1.85. The van der Waals surface area contributed by atoms with Gasteiger partial charge in [-0.2, -0.15) is 0 Å². The topological polar surface area (TPSA) is 92.4 Å². The number of carbonyl (C=O) groups is 2. The predicted molar refractivity (Wildman–Crippen MR) is 51.1 cm³/mol. The summed E-state index contributed by atoms with van der Waals surface area (Å²) in [5.41, 5.74) is 0.421. The minimum atomic E-state index is -0.997. The van der Waals surface area contributed by atoms with Gasteiger partial charge in [-0.05, 0) is 0 Å². The number of anilines is 1. The van der Waals surface area contributed by atoms with Crippen LogP contribution in [0.4, 0.5) is 5.69 Å². The fourth-order valence-electron chi connectivity index (χ4n) is 0.964. The number of hydrogen-bond acceptors (Lipinski definition) is 4. The molecule has 2 unspecified atom stereocenters. The number of hydrogen-bond donors (Lipinski definition) is 2. The van der Waals surface area contributed by atoms with Crippen molar-refractivity contribution in [3.05, 3.63) is 12.5 Å². The highest BCUT2D eigenvalue weighted by Crippen LogP contribution is 2.14. The summed E-state index contributed by atoms with van der Waals surface area (Å²) >= 11 is 0. The van der Waals surface area contributed by atoms with Crippen LogP contribution in [0.15, 0.2) is 17.0 Å². The maximum absolute atomic E-state index is 11.5. The molecule has 1 amide bonds. The summed E-state index contributed by atoms with van der Waals surface area (Å²) in [4.78, 5) is 22.1. The van der Waals surface area contributed by atoms with Crippen LogP contribution in [0.2, 0.25) is 0 Å². The molecule has 0 aromatic carbocycles. The van der Waals surface area contributed by atoms with Gasteiger partial charge in [-0.25, -0.2) is 0 Å². The highest BCUT2D eigenvalue weighted by Gasteiger charge is 2.25. The van der Waals surface area contributed by atoms with Gasteiger partial charge >= 0.3 is 5.97 Å². The molecule has 0 spiro atoms. The van der Waals surface area contributed by atoms with Crippen molar-refractivity contribution in [1.29, 1.82) is 0 Å². The summed E-state index contributed by atoms with van der Waals surface area (Å²) in [6.07, 6.45) is 2.62. The van der Waals surface area contributed by atoms with E-state index in [2.05, 4.69) is 15.0 Å². The number of amides is 1. The second-order valence-corrected chi connectivity index (χ2v) is 3.32. The van der Waals surface area contributed by atoms with E-state index in [9.17, 15) is 9.59 Å². The molecule has 2 atom stereocenters.